The molecule has 2 aromatic carbocycles. The largest absolute Gasteiger partial charge is 0.475 e. The fourth-order valence-electron chi connectivity index (χ4n) is 4.04. The Morgan fingerprint density at radius 3 is 2.53 bits per heavy atom. The zero-order chi connectivity index (χ0) is 22.9. The van der Waals surface area contributed by atoms with Gasteiger partial charge in [-0.05, 0) is 49.2 Å². The van der Waals surface area contributed by atoms with Crippen LogP contribution in [-0.4, -0.2) is 57.4 Å². The van der Waals surface area contributed by atoms with Crippen LogP contribution in [0, 0.1) is 11.7 Å². The van der Waals surface area contributed by atoms with Gasteiger partial charge in [-0.1, -0.05) is 12.1 Å². The third-order valence-electron chi connectivity index (χ3n) is 5.69. The minimum Gasteiger partial charge on any atom is -0.475 e. The van der Waals surface area contributed by atoms with Gasteiger partial charge in [0.2, 0.25) is 22.0 Å². The Morgan fingerprint density at radius 2 is 1.81 bits per heavy atom. The molecule has 2 unspecified atom stereocenters. The molecule has 1 saturated heterocycles. The average molecular weight is 462 g/mol. The van der Waals surface area contributed by atoms with Crippen molar-refractivity contribution in [3.8, 4) is 5.75 Å². The molecular weight excluding hydrogens is 439 g/mol. The van der Waals surface area contributed by atoms with Crippen LogP contribution in [0.25, 0.3) is 0 Å². The summed E-state index contributed by atoms with van der Waals surface area (Å²) in [6, 6.07) is 11.5. The van der Waals surface area contributed by atoms with E-state index >= 15 is 0 Å². The number of methoxy groups -OCH3 is 1. The van der Waals surface area contributed by atoms with Gasteiger partial charge >= 0.3 is 5.97 Å². The highest BCUT2D eigenvalue weighted by atomic mass is 32.2. The Hall–Kier alpha value is -2.98. The quantitative estimate of drug-likeness (QED) is 0.647. The molecule has 0 bridgehead atoms. The molecular formula is C22H23FN2O6S. The van der Waals surface area contributed by atoms with Crippen LogP contribution in [0.4, 0.5) is 10.1 Å². The van der Waals surface area contributed by atoms with Gasteiger partial charge in [0, 0.05) is 13.1 Å². The Bertz CT molecular complexity index is 1120. The van der Waals surface area contributed by atoms with Crippen molar-refractivity contribution >= 4 is 27.6 Å². The van der Waals surface area contributed by atoms with Crippen molar-refractivity contribution in [1.82, 2.24) is 4.31 Å². The van der Waals surface area contributed by atoms with Gasteiger partial charge in [-0.2, -0.15) is 4.31 Å². The summed E-state index contributed by atoms with van der Waals surface area (Å²) >= 11 is 0. The van der Waals surface area contributed by atoms with Gasteiger partial charge in [-0.15, -0.1) is 0 Å². The SMILES string of the molecule is COC(=O)C1CN(C(=O)C2CCCN(S(=O)(=O)c3ccc(F)cc3)C2)c2ccccc2O1. The molecule has 0 spiro atoms. The van der Waals surface area contributed by atoms with Crippen LogP contribution in [-0.2, 0) is 24.3 Å². The number of esters is 1. The lowest BCUT2D eigenvalue weighted by atomic mass is 9.97. The van der Waals surface area contributed by atoms with Crippen LogP contribution in [0.15, 0.2) is 53.4 Å². The number of anilines is 1. The highest BCUT2D eigenvalue weighted by Crippen LogP contribution is 2.35. The average Bonchev–Trinajstić information content (AvgIpc) is 2.82. The van der Waals surface area contributed by atoms with Crippen molar-refractivity contribution in [2.75, 3.05) is 31.6 Å². The van der Waals surface area contributed by atoms with Crippen LogP contribution in [0.3, 0.4) is 0 Å². The first-order valence-corrected chi connectivity index (χ1v) is 11.7. The summed E-state index contributed by atoms with van der Waals surface area (Å²) in [6.07, 6.45) is 0.0430. The number of carbonyl (C=O) groups excluding carboxylic acids is 2. The number of benzene rings is 2. The number of amides is 1. The maximum absolute atomic E-state index is 13.5. The second-order valence-electron chi connectivity index (χ2n) is 7.70. The highest BCUT2D eigenvalue weighted by molar-refractivity contribution is 7.89. The number of fused-ring (bicyclic) bond motifs is 1. The normalized spacial score (nSPS) is 21.4. The smallest absolute Gasteiger partial charge is 0.348 e. The number of sulfonamides is 1. The van der Waals surface area contributed by atoms with Crippen molar-refractivity contribution in [3.05, 3.63) is 54.3 Å². The van der Waals surface area contributed by atoms with E-state index in [0.29, 0.717) is 24.3 Å². The first-order valence-electron chi connectivity index (χ1n) is 10.2. The maximum atomic E-state index is 13.5. The van der Waals surface area contributed by atoms with Crippen LogP contribution < -0.4 is 9.64 Å². The summed E-state index contributed by atoms with van der Waals surface area (Å²) in [5, 5.41) is 0. The third kappa shape index (κ3) is 4.20. The second kappa shape index (κ2) is 8.87. The Kier molecular flexibility index (Phi) is 6.16. The molecule has 0 N–H and O–H groups in total. The molecule has 2 heterocycles. The highest BCUT2D eigenvalue weighted by Gasteiger charge is 2.40. The fourth-order valence-corrected chi connectivity index (χ4v) is 5.56. The van der Waals surface area contributed by atoms with E-state index in [1.165, 1.54) is 28.4 Å². The number of para-hydroxylation sites is 2. The second-order valence-corrected chi connectivity index (χ2v) is 9.64. The number of hydrogen-bond donors (Lipinski definition) is 0. The predicted octanol–water partition coefficient (Wildman–Crippen LogP) is 2.19. The maximum Gasteiger partial charge on any atom is 0.348 e. The number of carbonyl (C=O) groups is 2. The topological polar surface area (TPSA) is 93.2 Å². The number of nitrogens with zero attached hydrogens (tertiary/aromatic N) is 2. The first-order chi connectivity index (χ1) is 15.3. The van der Waals surface area contributed by atoms with Crippen molar-refractivity contribution in [2.45, 2.75) is 23.8 Å². The minimum absolute atomic E-state index is 0.000950. The molecule has 0 aromatic heterocycles. The van der Waals surface area contributed by atoms with Gasteiger partial charge in [0.1, 0.15) is 11.6 Å². The summed E-state index contributed by atoms with van der Waals surface area (Å²) < 4.78 is 51.0. The van der Waals surface area contributed by atoms with E-state index in [4.69, 9.17) is 9.47 Å². The van der Waals surface area contributed by atoms with Gasteiger partial charge in [0.15, 0.2) is 0 Å². The molecule has 2 atom stereocenters. The van der Waals surface area contributed by atoms with Crippen LogP contribution in [0.2, 0.25) is 0 Å². The van der Waals surface area contributed by atoms with Crippen LogP contribution in [0.1, 0.15) is 12.8 Å². The molecule has 0 radical (unpaired) electrons. The number of piperidine rings is 1. The molecule has 8 nitrogen and oxygen atoms in total. The fraction of sp³-hybridized carbons (Fsp3) is 0.364. The predicted molar refractivity (Wildman–Crippen MR) is 113 cm³/mol. The molecule has 32 heavy (non-hydrogen) atoms. The number of hydrogen-bond acceptors (Lipinski definition) is 6. The van der Waals surface area contributed by atoms with Crippen LogP contribution >= 0.6 is 0 Å². The number of halogens is 1. The third-order valence-corrected chi connectivity index (χ3v) is 7.57. The summed E-state index contributed by atoms with van der Waals surface area (Å²) in [5.41, 5.74) is 0.524. The standard InChI is InChI=1S/C22H23FN2O6S/c1-30-22(27)20-14-25(18-6-2-3-7-19(18)31-20)21(26)15-5-4-12-24(13-15)32(28,29)17-10-8-16(23)9-11-17/h2-3,6-11,15,20H,4-5,12-14H2,1H3. The van der Waals surface area contributed by atoms with Gasteiger partial charge < -0.3 is 14.4 Å². The number of ether oxygens (including phenoxy) is 2. The molecule has 1 fully saturated rings. The Morgan fingerprint density at radius 1 is 1.09 bits per heavy atom. The van der Waals surface area contributed by atoms with Gasteiger partial charge in [0.25, 0.3) is 0 Å². The lowest BCUT2D eigenvalue weighted by molar-refractivity contribution is -0.148. The lowest BCUT2D eigenvalue weighted by Gasteiger charge is -2.38. The molecule has 4 rings (SSSR count). The van der Waals surface area contributed by atoms with E-state index < -0.39 is 33.8 Å². The van der Waals surface area contributed by atoms with E-state index in [0.717, 1.165) is 12.1 Å². The summed E-state index contributed by atoms with van der Waals surface area (Å²) in [4.78, 5) is 27.0. The minimum atomic E-state index is -3.87. The van der Waals surface area contributed by atoms with Gasteiger partial charge in [0.05, 0.1) is 30.2 Å². The summed E-state index contributed by atoms with van der Waals surface area (Å²) in [6.45, 7) is 0.249. The lowest BCUT2D eigenvalue weighted by Crippen LogP contribution is -2.52. The van der Waals surface area contributed by atoms with E-state index in [1.54, 1.807) is 24.3 Å². The molecule has 10 heteroatoms. The molecule has 2 aromatic rings. The summed E-state index contributed by atoms with van der Waals surface area (Å²) in [5.74, 6) is -1.62. The van der Waals surface area contributed by atoms with E-state index in [-0.39, 0.29) is 30.4 Å². The first kappa shape index (κ1) is 22.2. The molecule has 2 aliphatic rings. The van der Waals surface area contributed by atoms with Crippen molar-refractivity contribution in [1.29, 1.82) is 0 Å². The van der Waals surface area contributed by atoms with Crippen LogP contribution in [0.5, 0.6) is 5.75 Å². The monoisotopic (exact) mass is 462 g/mol. The Balaban J connectivity index is 1.57. The Labute approximate surface area is 185 Å². The van der Waals surface area contributed by atoms with Gasteiger partial charge in [-0.25, -0.2) is 17.6 Å². The van der Waals surface area contributed by atoms with Gasteiger partial charge in [-0.3, -0.25) is 4.79 Å². The van der Waals surface area contributed by atoms with E-state index in [1.807, 2.05) is 0 Å². The zero-order valence-corrected chi connectivity index (χ0v) is 18.3. The number of rotatable bonds is 4. The molecule has 170 valence electrons. The molecule has 1 amide bonds. The van der Waals surface area contributed by atoms with E-state index in [2.05, 4.69) is 0 Å². The van der Waals surface area contributed by atoms with Crippen molar-refractivity contribution < 1.29 is 31.9 Å². The molecule has 2 aliphatic heterocycles. The zero-order valence-electron chi connectivity index (χ0n) is 17.4. The molecule has 0 aliphatic carbocycles. The summed E-state index contributed by atoms with van der Waals surface area (Å²) in [7, 11) is -2.62. The van der Waals surface area contributed by atoms with E-state index in [9.17, 15) is 22.4 Å². The molecule has 0 saturated carbocycles. The van der Waals surface area contributed by atoms with Crippen molar-refractivity contribution in [2.24, 2.45) is 5.92 Å². The van der Waals surface area contributed by atoms with Crippen molar-refractivity contribution in [3.63, 3.8) is 0 Å².